The molecule has 1 unspecified atom stereocenters. The highest BCUT2D eigenvalue weighted by atomic mass is 35.5. The maximum Gasteiger partial charge on any atom is 0.231 e. The summed E-state index contributed by atoms with van der Waals surface area (Å²) < 4.78 is 19.0. The molecule has 7 nitrogen and oxygen atoms in total. The predicted octanol–water partition coefficient (Wildman–Crippen LogP) is 4.55. The van der Waals surface area contributed by atoms with Crippen molar-refractivity contribution in [3.8, 4) is 5.75 Å². The zero-order valence-electron chi connectivity index (χ0n) is 15.8. The van der Waals surface area contributed by atoms with Gasteiger partial charge in [0.05, 0.1) is 10.9 Å². The van der Waals surface area contributed by atoms with Gasteiger partial charge in [-0.05, 0) is 42.5 Å². The van der Waals surface area contributed by atoms with Gasteiger partial charge >= 0.3 is 0 Å². The first-order chi connectivity index (χ1) is 14.9. The van der Waals surface area contributed by atoms with Crippen LogP contribution in [0.3, 0.4) is 0 Å². The fourth-order valence-corrected chi connectivity index (χ4v) is 3.99. The average molecular weight is 481 g/mol. The van der Waals surface area contributed by atoms with Gasteiger partial charge < -0.3 is 15.0 Å². The number of nitrogens with one attached hydrogen (secondary N) is 1. The van der Waals surface area contributed by atoms with E-state index in [2.05, 4.69) is 15.5 Å². The SMILES string of the molecule is O=C(Nc1nnc(COc2ccc(Cl)cc2)s1)C1CC(=O)N(c2ccc(F)c(Cl)c2)C1. The zero-order valence-corrected chi connectivity index (χ0v) is 18.2. The number of benzene rings is 2. The Labute approximate surface area is 190 Å². The third-order valence-corrected chi connectivity index (χ3v) is 5.94. The molecule has 0 saturated carbocycles. The minimum absolute atomic E-state index is 0.0339. The van der Waals surface area contributed by atoms with Crippen LogP contribution in [0.15, 0.2) is 42.5 Å². The fourth-order valence-electron chi connectivity index (χ4n) is 3.03. The van der Waals surface area contributed by atoms with Crippen molar-refractivity contribution in [2.75, 3.05) is 16.8 Å². The van der Waals surface area contributed by atoms with Gasteiger partial charge in [0.2, 0.25) is 16.9 Å². The van der Waals surface area contributed by atoms with Gasteiger partial charge in [-0.2, -0.15) is 0 Å². The zero-order chi connectivity index (χ0) is 22.0. The van der Waals surface area contributed by atoms with Gasteiger partial charge in [-0.25, -0.2) is 4.39 Å². The van der Waals surface area contributed by atoms with E-state index in [1.807, 2.05) is 0 Å². The molecular weight excluding hydrogens is 466 g/mol. The van der Waals surface area contributed by atoms with Crippen molar-refractivity contribution in [3.63, 3.8) is 0 Å². The number of amides is 2. The summed E-state index contributed by atoms with van der Waals surface area (Å²) in [5.74, 6) is -1.09. The molecule has 1 aromatic heterocycles. The molecule has 1 N–H and O–H groups in total. The maximum atomic E-state index is 13.4. The molecule has 0 aliphatic carbocycles. The van der Waals surface area contributed by atoms with Gasteiger partial charge in [-0.1, -0.05) is 34.5 Å². The van der Waals surface area contributed by atoms with Crippen LogP contribution in [0.4, 0.5) is 15.2 Å². The number of anilines is 2. The third-order valence-electron chi connectivity index (χ3n) is 4.58. The molecule has 2 heterocycles. The molecule has 31 heavy (non-hydrogen) atoms. The number of rotatable bonds is 6. The highest BCUT2D eigenvalue weighted by molar-refractivity contribution is 7.15. The lowest BCUT2D eigenvalue weighted by molar-refractivity contribution is -0.122. The van der Waals surface area contributed by atoms with Crippen LogP contribution >= 0.6 is 34.5 Å². The molecular formula is C20H15Cl2FN4O3S. The Bertz CT molecular complexity index is 1130. The van der Waals surface area contributed by atoms with Crippen molar-refractivity contribution >= 4 is 57.2 Å². The molecule has 1 atom stereocenters. The summed E-state index contributed by atoms with van der Waals surface area (Å²) >= 11 is 12.8. The molecule has 160 valence electrons. The molecule has 11 heteroatoms. The van der Waals surface area contributed by atoms with Gasteiger partial charge in [0.1, 0.15) is 18.2 Å². The van der Waals surface area contributed by atoms with E-state index in [1.165, 1.54) is 34.4 Å². The van der Waals surface area contributed by atoms with Crippen molar-refractivity contribution < 1.29 is 18.7 Å². The van der Waals surface area contributed by atoms with E-state index in [0.717, 1.165) is 0 Å². The van der Waals surface area contributed by atoms with Gasteiger partial charge in [0.25, 0.3) is 0 Å². The van der Waals surface area contributed by atoms with E-state index in [0.29, 0.717) is 26.6 Å². The van der Waals surface area contributed by atoms with Gasteiger partial charge in [-0.15, -0.1) is 10.2 Å². The smallest absolute Gasteiger partial charge is 0.231 e. The lowest BCUT2D eigenvalue weighted by atomic mass is 10.1. The summed E-state index contributed by atoms with van der Waals surface area (Å²) in [6, 6.07) is 10.9. The number of carbonyl (C=O) groups is 2. The summed E-state index contributed by atoms with van der Waals surface area (Å²) in [5, 5.41) is 12.1. The molecule has 1 aliphatic heterocycles. The van der Waals surface area contributed by atoms with Crippen LogP contribution in [-0.2, 0) is 16.2 Å². The number of nitrogens with zero attached hydrogens (tertiary/aromatic N) is 3. The standard InChI is InChI=1S/C20H15Cl2FN4O3S/c21-12-1-4-14(5-2-12)30-10-17-25-26-20(31-17)24-19(29)11-7-18(28)27(9-11)13-3-6-16(23)15(22)8-13/h1-6,8,11H,7,9-10H2,(H,24,26,29). The monoisotopic (exact) mass is 480 g/mol. The molecule has 2 amide bonds. The Morgan fingerprint density at radius 1 is 1.23 bits per heavy atom. The number of aromatic nitrogens is 2. The maximum absolute atomic E-state index is 13.4. The second-order valence-corrected chi connectivity index (χ2v) is 8.64. The number of carbonyl (C=O) groups excluding carboxylic acids is 2. The second kappa shape index (κ2) is 9.17. The van der Waals surface area contributed by atoms with Crippen LogP contribution < -0.4 is 15.0 Å². The minimum atomic E-state index is -0.575. The van der Waals surface area contributed by atoms with Crippen LogP contribution in [0.1, 0.15) is 11.4 Å². The predicted molar refractivity (Wildman–Crippen MR) is 116 cm³/mol. The molecule has 1 fully saturated rings. The van der Waals surface area contributed by atoms with Crippen molar-refractivity contribution in [1.82, 2.24) is 10.2 Å². The molecule has 0 radical (unpaired) electrons. The summed E-state index contributed by atoms with van der Waals surface area (Å²) in [6.45, 7) is 0.355. The molecule has 1 aliphatic rings. The third kappa shape index (κ3) is 5.12. The Morgan fingerprint density at radius 3 is 2.74 bits per heavy atom. The topological polar surface area (TPSA) is 84.4 Å². The Kier molecular flexibility index (Phi) is 6.35. The first-order valence-electron chi connectivity index (χ1n) is 9.16. The van der Waals surface area contributed by atoms with Crippen LogP contribution in [0.2, 0.25) is 10.0 Å². The highest BCUT2D eigenvalue weighted by Crippen LogP contribution is 2.29. The van der Waals surface area contributed by atoms with E-state index in [9.17, 15) is 14.0 Å². The van der Waals surface area contributed by atoms with Gasteiger partial charge in [-0.3, -0.25) is 9.59 Å². The fraction of sp³-hybridized carbons (Fsp3) is 0.200. The summed E-state index contributed by atoms with van der Waals surface area (Å²) in [4.78, 5) is 26.4. The van der Waals surface area contributed by atoms with E-state index in [4.69, 9.17) is 27.9 Å². The largest absolute Gasteiger partial charge is 0.486 e. The first kappa shape index (κ1) is 21.5. The molecule has 0 spiro atoms. The second-order valence-electron chi connectivity index (χ2n) is 6.74. The van der Waals surface area contributed by atoms with Crippen molar-refractivity contribution in [2.45, 2.75) is 13.0 Å². The summed E-state index contributed by atoms with van der Waals surface area (Å²) in [6.07, 6.45) is 0.0339. The van der Waals surface area contributed by atoms with Crippen LogP contribution in [0.25, 0.3) is 0 Å². The van der Waals surface area contributed by atoms with Crippen LogP contribution in [-0.4, -0.2) is 28.6 Å². The van der Waals surface area contributed by atoms with Gasteiger partial charge in [0, 0.05) is 23.7 Å². The van der Waals surface area contributed by atoms with E-state index < -0.39 is 11.7 Å². The molecule has 1 saturated heterocycles. The molecule has 2 aromatic carbocycles. The number of hydrogen-bond donors (Lipinski definition) is 1. The highest BCUT2D eigenvalue weighted by Gasteiger charge is 2.35. The Morgan fingerprint density at radius 2 is 2.00 bits per heavy atom. The quantitative estimate of drug-likeness (QED) is 0.559. The summed E-state index contributed by atoms with van der Waals surface area (Å²) in [5.41, 5.74) is 0.448. The Hall–Kier alpha value is -2.75. The number of hydrogen-bond acceptors (Lipinski definition) is 6. The number of ether oxygens (including phenoxy) is 1. The van der Waals surface area contributed by atoms with Crippen molar-refractivity contribution in [3.05, 3.63) is 63.3 Å². The molecule has 4 rings (SSSR count). The van der Waals surface area contributed by atoms with E-state index in [-0.39, 0.29) is 36.4 Å². The average Bonchev–Trinajstić information content (AvgIpc) is 3.36. The molecule has 0 bridgehead atoms. The normalized spacial score (nSPS) is 15.9. The lowest BCUT2D eigenvalue weighted by Crippen LogP contribution is -2.28. The van der Waals surface area contributed by atoms with Gasteiger partial charge in [0.15, 0.2) is 5.01 Å². The molecule has 3 aromatic rings. The van der Waals surface area contributed by atoms with Crippen molar-refractivity contribution in [1.29, 1.82) is 0 Å². The first-order valence-corrected chi connectivity index (χ1v) is 10.7. The minimum Gasteiger partial charge on any atom is -0.486 e. The Balaban J connectivity index is 1.34. The number of halogens is 3. The van der Waals surface area contributed by atoms with Crippen LogP contribution in [0.5, 0.6) is 5.75 Å². The van der Waals surface area contributed by atoms with E-state index in [1.54, 1.807) is 24.3 Å². The van der Waals surface area contributed by atoms with Crippen molar-refractivity contribution in [2.24, 2.45) is 5.92 Å². The summed E-state index contributed by atoms with van der Waals surface area (Å²) in [7, 11) is 0. The lowest BCUT2D eigenvalue weighted by Gasteiger charge is -2.17. The van der Waals surface area contributed by atoms with E-state index >= 15 is 0 Å². The van der Waals surface area contributed by atoms with Crippen LogP contribution in [0, 0.1) is 11.7 Å².